The summed E-state index contributed by atoms with van der Waals surface area (Å²) < 4.78 is 2.06. The SMILES string of the molecule is Nc1ncnc2c1c(-c1cc3cc(O)ccc3[nH]1)nn2C1CCN(CC2CC2)CC1. The fourth-order valence-corrected chi connectivity index (χ4v) is 4.70. The molecule has 1 aliphatic carbocycles. The molecule has 0 unspecified atom stereocenters. The quantitative estimate of drug-likeness (QED) is 0.482. The molecular formula is C22H25N7O. The molecule has 2 fully saturated rings. The van der Waals surface area contributed by atoms with Crippen molar-refractivity contribution < 1.29 is 5.11 Å². The molecule has 6 rings (SSSR count). The van der Waals surface area contributed by atoms with Crippen molar-refractivity contribution in [3.8, 4) is 17.1 Å². The minimum Gasteiger partial charge on any atom is -0.508 e. The van der Waals surface area contributed by atoms with Gasteiger partial charge in [-0.15, -0.1) is 0 Å². The van der Waals surface area contributed by atoms with Crippen LogP contribution in [-0.2, 0) is 0 Å². The number of nitrogens with one attached hydrogen (secondary N) is 1. The smallest absolute Gasteiger partial charge is 0.164 e. The number of phenols is 1. The summed E-state index contributed by atoms with van der Waals surface area (Å²) in [6, 6.07) is 7.57. The lowest BCUT2D eigenvalue weighted by Crippen LogP contribution is -2.36. The van der Waals surface area contributed by atoms with E-state index in [4.69, 9.17) is 10.8 Å². The van der Waals surface area contributed by atoms with Crippen LogP contribution in [-0.4, -0.2) is 54.4 Å². The van der Waals surface area contributed by atoms with Gasteiger partial charge >= 0.3 is 0 Å². The molecule has 30 heavy (non-hydrogen) atoms. The number of fused-ring (bicyclic) bond motifs is 2. The molecule has 0 spiro atoms. The summed E-state index contributed by atoms with van der Waals surface area (Å²) in [7, 11) is 0. The zero-order valence-corrected chi connectivity index (χ0v) is 16.8. The van der Waals surface area contributed by atoms with Crippen LogP contribution >= 0.6 is 0 Å². The number of aromatic nitrogens is 5. The number of piperidine rings is 1. The molecule has 1 aromatic carbocycles. The van der Waals surface area contributed by atoms with Crippen LogP contribution in [0.1, 0.15) is 31.7 Å². The van der Waals surface area contributed by atoms with Crippen LogP contribution in [0.25, 0.3) is 33.3 Å². The first kappa shape index (κ1) is 17.7. The third-order valence-electron chi connectivity index (χ3n) is 6.49. The average Bonchev–Trinajstić information content (AvgIpc) is 3.32. The molecule has 4 heterocycles. The number of aromatic hydroxyl groups is 1. The van der Waals surface area contributed by atoms with Crippen molar-refractivity contribution in [2.24, 2.45) is 5.92 Å². The van der Waals surface area contributed by atoms with Crippen LogP contribution < -0.4 is 5.73 Å². The summed E-state index contributed by atoms with van der Waals surface area (Å²) in [6.45, 7) is 3.45. The molecule has 154 valence electrons. The first-order valence-electron chi connectivity index (χ1n) is 10.7. The van der Waals surface area contributed by atoms with Gasteiger partial charge in [0.25, 0.3) is 0 Å². The second-order valence-electron chi connectivity index (χ2n) is 8.68. The van der Waals surface area contributed by atoms with Gasteiger partial charge in [0.05, 0.1) is 17.1 Å². The molecule has 0 amide bonds. The third kappa shape index (κ3) is 2.99. The minimum absolute atomic E-state index is 0.240. The van der Waals surface area contributed by atoms with Crippen molar-refractivity contribution in [1.29, 1.82) is 0 Å². The number of H-pyrrole nitrogens is 1. The predicted molar refractivity (Wildman–Crippen MR) is 116 cm³/mol. The molecule has 1 saturated heterocycles. The van der Waals surface area contributed by atoms with Gasteiger partial charge in [0.2, 0.25) is 0 Å². The highest BCUT2D eigenvalue weighted by Crippen LogP contribution is 2.36. The van der Waals surface area contributed by atoms with Crippen LogP contribution in [0.5, 0.6) is 5.75 Å². The normalized spacial score (nSPS) is 18.5. The number of nitrogens with two attached hydrogens (primary N) is 1. The van der Waals surface area contributed by atoms with Gasteiger partial charge in [0.15, 0.2) is 5.65 Å². The number of hydrogen-bond donors (Lipinski definition) is 3. The molecular weight excluding hydrogens is 378 g/mol. The van der Waals surface area contributed by atoms with E-state index in [1.54, 1.807) is 12.1 Å². The van der Waals surface area contributed by atoms with E-state index in [-0.39, 0.29) is 5.75 Å². The zero-order valence-electron chi connectivity index (χ0n) is 16.8. The molecule has 1 saturated carbocycles. The molecule has 0 atom stereocenters. The second kappa shape index (κ2) is 6.70. The number of hydrogen-bond acceptors (Lipinski definition) is 6. The minimum atomic E-state index is 0.240. The van der Waals surface area contributed by atoms with E-state index in [0.717, 1.165) is 65.2 Å². The van der Waals surface area contributed by atoms with Gasteiger partial charge in [0, 0.05) is 30.5 Å². The van der Waals surface area contributed by atoms with Crippen molar-refractivity contribution >= 4 is 27.8 Å². The van der Waals surface area contributed by atoms with Crippen molar-refractivity contribution in [3.63, 3.8) is 0 Å². The molecule has 4 aromatic rings. The number of phenolic OH excluding ortho intramolecular Hbond substituents is 1. The molecule has 1 aliphatic heterocycles. The topological polar surface area (TPSA) is 109 Å². The largest absolute Gasteiger partial charge is 0.508 e. The Balaban J connectivity index is 1.39. The molecule has 8 nitrogen and oxygen atoms in total. The fraction of sp³-hybridized carbons (Fsp3) is 0.409. The first-order valence-corrected chi connectivity index (χ1v) is 10.7. The van der Waals surface area contributed by atoms with Crippen molar-refractivity contribution in [2.75, 3.05) is 25.4 Å². The molecule has 0 bridgehead atoms. The highest BCUT2D eigenvalue weighted by molar-refractivity contribution is 6.00. The number of likely N-dealkylation sites (tertiary alicyclic amines) is 1. The number of nitrogens with zero attached hydrogens (tertiary/aromatic N) is 5. The van der Waals surface area contributed by atoms with E-state index in [9.17, 15) is 5.11 Å². The van der Waals surface area contributed by atoms with Gasteiger partial charge in [-0.25, -0.2) is 14.6 Å². The highest BCUT2D eigenvalue weighted by Gasteiger charge is 2.29. The van der Waals surface area contributed by atoms with E-state index in [1.807, 2.05) is 12.1 Å². The summed E-state index contributed by atoms with van der Waals surface area (Å²) in [5.41, 5.74) is 9.62. The fourth-order valence-electron chi connectivity index (χ4n) is 4.70. The molecule has 3 aromatic heterocycles. The standard InChI is InChI=1S/C22H25N7O/c23-21-19-20(18-10-14-9-16(30)3-4-17(14)26-18)27-29(22(19)25-12-24-21)15-5-7-28(8-6-15)11-13-1-2-13/h3-4,9-10,12-13,15,26,30H,1-2,5-8,11H2,(H2,23,24,25). The third-order valence-corrected chi connectivity index (χ3v) is 6.49. The maximum Gasteiger partial charge on any atom is 0.164 e. The van der Waals surface area contributed by atoms with Crippen molar-refractivity contribution in [1.82, 2.24) is 29.6 Å². The number of anilines is 1. The van der Waals surface area contributed by atoms with Gasteiger partial charge in [0.1, 0.15) is 23.6 Å². The Hall–Kier alpha value is -3.13. The van der Waals surface area contributed by atoms with E-state index in [0.29, 0.717) is 11.9 Å². The van der Waals surface area contributed by atoms with Crippen LogP contribution in [0.4, 0.5) is 5.82 Å². The lowest BCUT2D eigenvalue weighted by Gasteiger charge is -2.32. The Morgan fingerprint density at radius 2 is 1.93 bits per heavy atom. The van der Waals surface area contributed by atoms with E-state index in [1.165, 1.54) is 25.7 Å². The summed E-state index contributed by atoms with van der Waals surface area (Å²) in [6.07, 6.45) is 6.43. The summed E-state index contributed by atoms with van der Waals surface area (Å²) in [5.74, 6) is 1.60. The number of aromatic amines is 1. The average molecular weight is 403 g/mol. The van der Waals surface area contributed by atoms with Gasteiger partial charge in [-0.1, -0.05) is 0 Å². The van der Waals surface area contributed by atoms with E-state index >= 15 is 0 Å². The monoisotopic (exact) mass is 403 g/mol. The Kier molecular flexibility index (Phi) is 3.95. The van der Waals surface area contributed by atoms with Gasteiger partial charge in [-0.05, 0) is 55.9 Å². The molecule has 8 heteroatoms. The van der Waals surface area contributed by atoms with Crippen LogP contribution in [0.2, 0.25) is 0 Å². The van der Waals surface area contributed by atoms with E-state index in [2.05, 4.69) is 24.5 Å². The molecule has 0 radical (unpaired) electrons. The second-order valence-corrected chi connectivity index (χ2v) is 8.68. The number of nitrogen functional groups attached to an aromatic ring is 1. The van der Waals surface area contributed by atoms with Crippen LogP contribution in [0.3, 0.4) is 0 Å². The number of benzene rings is 1. The Labute approximate surface area is 173 Å². The predicted octanol–water partition coefficient (Wildman–Crippen LogP) is 3.31. The Morgan fingerprint density at radius 3 is 2.73 bits per heavy atom. The first-order chi connectivity index (χ1) is 14.7. The summed E-state index contributed by atoms with van der Waals surface area (Å²) in [4.78, 5) is 14.8. The summed E-state index contributed by atoms with van der Waals surface area (Å²) >= 11 is 0. The van der Waals surface area contributed by atoms with Crippen LogP contribution in [0, 0.1) is 5.92 Å². The van der Waals surface area contributed by atoms with Gasteiger partial charge in [-0.2, -0.15) is 5.10 Å². The maximum absolute atomic E-state index is 9.80. The highest BCUT2D eigenvalue weighted by atomic mass is 16.3. The van der Waals surface area contributed by atoms with Crippen molar-refractivity contribution in [2.45, 2.75) is 31.7 Å². The van der Waals surface area contributed by atoms with Crippen LogP contribution in [0.15, 0.2) is 30.6 Å². The number of rotatable bonds is 4. The zero-order chi connectivity index (χ0) is 20.2. The van der Waals surface area contributed by atoms with Gasteiger partial charge < -0.3 is 20.7 Å². The van der Waals surface area contributed by atoms with Gasteiger partial charge in [-0.3, -0.25) is 0 Å². The molecule has 4 N–H and O–H groups in total. The van der Waals surface area contributed by atoms with E-state index < -0.39 is 0 Å². The summed E-state index contributed by atoms with van der Waals surface area (Å²) in [5, 5.41) is 16.5. The van der Waals surface area contributed by atoms with Crippen molar-refractivity contribution in [3.05, 3.63) is 30.6 Å². The molecule has 2 aliphatic rings. The lowest BCUT2D eigenvalue weighted by molar-refractivity contribution is 0.176. The Bertz CT molecular complexity index is 1230. The Morgan fingerprint density at radius 1 is 1.10 bits per heavy atom. The maximum atomic E-state index is 9.80. The lowest BCUT2D eigenvalue weighted by atomic mass is 10.0.